The topological polar surface area (TPSA) is 38.5 Å². The highest BCUT2D eigenvalue weighted by Crippen LogP contribution is 2.22. The molecule has 1 aliphatic carbocycles. The average Bonchev–Trinajstić information content (AvgIpc) is 2.34. The van der Waals surface area contributed by atoms with E-state index in [4.69, 9.17) is 10.5 Å². The Morgan fingerprint density at radius 1 is 1.18 bits per heavy atom. The van der Waals surface area contributed by atoms with E-state index in [1.165, 1.54) is 32.1 Å². The average molecular weight is 242 g/mol. The van der Waals surface area contributed by atoms with Crippen LogP contribution >= 0.6 is 0 Å². The number of hydrogen-bond acceptors (Lipinski definition) is 3. The van der Waals surface area contributed by atoms with Crippen LogP contribution in [0.4, 0.5) is 0 Å². The van der Waals surface area contributed by atoms with Gasteiger partial charge in [-0.1, -0.05) is 33.1 Å². The minimum Gasteiger partial charge on any atom is -0.380 e. The van der Waals surface area contributed by atoms with Crippen LogP contribution in [0.1, 0.15) is 46.0 Å². The van der Waals surface area contributed by atoms with Gasteiger partial charge in [0.25, 0.3) is 0 Å². The number of hydrogen-bond donors (Lipinski definition) is 1. The normalized spacial score (nSPS) is 18.2. The van der Waals surface area contributed by atoms with Gasteiger partial charge in [-0.25, -0.2) is 0 Å². The Hall–Kier alpha value is -0.120. The van der Waals surface area contributed by atoms with Crippen molar-refractivity contribution < 1.29 is 4.74 Å². The molecule has 3 nitrogen and oxygen atoms in total. The molecule has 0 saturated heterocycles. The lowest BCUT2D eigenvalue weighted by Crippen LogP contribution is -2.42. The highest BCUT2D eigenvalue weighted by Gasteiger charge is 2.19. The van der Waals surface area contributed by atoms with Crippen molar-refractivity contribution in [2.24, 2.45) is 11.7 Å². The zero-order chi connectivity index (χ0) is 12.5. The lowest BCUT2D eigenvalue weighted by molar-refractivity contribution is 0.0653. The molecule has 0 heterocycles. The monoisotopic (exact) mass is 242 g/mol. The summed E-state index contributed by atoms with van der Waals surface area (Å²) in [7, 11) is 0. The Balaban J connectivity index is 2.21. The molecular weight excluding hydrogens is 212 g/mol. The first kappa shape index (κ1) is 14.9. The number of rotatable bonds is 8. The zero-order valence-corrected chi connectivity index (χ0v) is 11.7. The molecule has 2 N–H and O–H groups in total. The van der Waals surface area contributed by atoms with E-state index in [1.54, 1.807) is 0 Å². The van der Waals surface area contributed by atoms with Crippen LogP contribution in [0.2, 0.25) is 0 Å². The summed E-state index contributed by atoms with van der Waals surface area (Å²) in [6.45, 7) is 8.96. The Morgan fingerprint density at radius 3 is 2.47 bits per heavy atom. The second-order valence-corrected chi connectivity index (χ2v) is 5.59. The summed E-state index contributed by atoms with van der Waals surface area (Å²) in [6.07, 6.45) is 6.89. The molecule has 0 radical (unpaired) electrons. The van der Waals surface area contributed by atoms with E-state index in [1.807, 2.05) is 0 Å². The minimum absolute atomic E-state index is 0.632. The maximum Gasteiger partial charge on any atom is 0.0593 e. The van der Waals surface area contributed by atoms with Gasteiger partial charge in [0.2, 0.25) is 0 Å². The highest BCUT2D eigenvalue weighted by atomic mass is 16.5. The molecule has 0 spiro atoms. The summed E-state index contributed by atoms with van der Waals surface area (Å²) >= 11 is 0. The molecule has 0 atom stereocenters. The maximum atomic E-state index is 5.71. The molecular formula is C14H30N2O. The zero-order valence-electron chi connectivity index (χ0n) is 11.7. The van der Waals surface area contributed by atoms with Gasteiger partial charge in [-0.2, -0.15) is 0 Å². The van der Waals surface area contributed by atoms with Crippen molar-refractivity contribution in [1.29, 1.82) is 0 Å². The first-order valence-electron chi connectivity index (χ1n) is 7.26. The van der Waals surface area contributed by atoms with E-state index < -0.39 is 0 Å². The van der Waals surface area contributed by atoms with Crippen molar-refractivity contribution in [3.63, 3.8) is 0 Å². The van der Waals surface area contributed by atoms with Crippen LogP contribution in [0.25, 0.3) is 0 Å². The Labute approximate surface area is 107 Å². The van der Waals surface area contributed by atoms with Gasteiger partial charge < -0.3 is 10.5 Å². The minimum atomic E-state index is 0.632. The molecule has 1 fully saturated rings. The van der Waals surface area contributed by atoms with Gasteiger partial charge in [-0.15, -0.1) is 0 Å². The fourth-order valence-electron chi connectivity index (χ4n) is 2.59. The van der Waals surface area contributed by atoms with Gasteiger partial charge in [0.05, 0.1) is 6.61 Å². The Kier molecular flexibility index (Phi) is 7.82. The fourth-order valence-corrected chi connectivity index (χ4v) is 2.59. The van der Waals surface area contributed by atoms with E-state index in [0.29, 0.717) is 5.92 Å². The standard InChI is InChI=1S/C14H30N2O/c1-13(2)12-17-11-10-16(9-8-15)14-6-4-3-5-7-14/h13-14H,3-12,15H2,1-2H3. The van der Waals surface area contributed by atoms with Gasteiger partial charge >= 0.3 is 0 Å². The van der Waals surface area contributed by atoms with Crippen LogP contribution in [-0.2, 0) is 4.74 Å². The number of ether oxygens (including phenoxy) is 1. The smallest absolute Gasteiger partial charge is 0.0593 e. The predicted molar refractivity (Wildman–Crippen MR) is 73.2 cm³/mol. The van der Waals surface area contributed by atoms with Crippen molar-refractivity contribution in [2.45, 2.75) is 52.0 Å². The van der Waals surface area contributed by atoms with Gasteiger partial charge in [-0.3, -0.25) is 4.90 Å². The van der Waals surface area contributed by atoms with E-state index in [0.717, 1.165) is 38.9 Å². The summed E-state index contributed by atoms with van der Waals surface area (Å²) in [5, 5.41) is 0. The van der Waals surface area contributed by atoms with Gasteiger partial charge in [-0.05, 0) is 18.8 Å². The molecule has 0 aromatic heterocycles. The summed E-state index contributed by atoms with van der Waals surface area (Å²) in [5.41, 5.74) is 5.71. The van der Waals surface area contributed by atoms with E-state index in [9.17, 15) is 0 Å². The van der Waals surface area contributed by atoms with Crippen LogP contribution in [0.5, 0.6) is 0 Å². The van der Waals surface area contributed by atoms with E-state index in [-0.39, 0.29) is 0 Å². The van der Waals surface area contributed by atoms with Crippen LogP contribution in [0.3, 0.4) is 0 Å². The second kappa shape index (κ2) is 8.90. The summed E-state index contributed by atoms with van der Waals surface area (Å²) < 4.78 is 5.68. The largest absolute Gasteiger partial charge is 0.380 e. The molecule has 17 heavy (non-hydrogen) atoms. The number of nitrogens with two attached hydrogens (primary N) is 1. The van der Waals surface area contributed by atoms with Crippen LogP contribution < -0.4 is 5.73 Å². The molecule has 0 bridgehead atoms. The van der Waals surface area contributed by atoms with Crippen molar-refractivity contribution in [3.05, 3.63) is 0 Å². The molecule has 0 aliphatic heterocycles. The molecule has 1 aliphatic rings. The lowest BCUT2D eigenvalue weighted by Gasteiger charge is -2.34. The van der Waals surface area contributed by atoms with Crippen LogP contribution in [0, 0.1) is 5.92 Å². The molecule has 0 aromatic rings. The van der Waals surface area contributed by atoms with E-state index in [2.05, 4.69) is 18.7 Å². The van der Waals surface area contributed by atoms with Crippen LogP contribution in [0.15, 0.2) is 0 Å². The van der Waals surface area contributed by atoms with Crippen molar-refractivity contribution in [2.75, 3.05) is 32.8 Å². The molecule has 0 amide bonds. The SMILES string of the molecule is CC(C)COCCN(CCN)C1CCCCC1. The molecule has 1 rings (SSSR count). The van der Waals surface area contributed by atoms with Crippen LogP contribution in [-0.4, -0.2) is 43.8 Å². The Bertz CT molecular complexity index is 179. The molecule has 0 unspecified atom stereocenters. The third kappa shape index (κ3) is 6.39. The highest BCUT2D eigenvalue weighted by molar-refractivity contribution is 4.76. The third-order valence-electron chi connectivity index (χ3n) is 3.48. The second-order valence-electron chi connectivity index (χ2n) is 5.59. The van der Waals surface area contributed by atoms with Crippen molar-refractivity contribution in [3.8, 4) is 0 Å². The molecule has 102 valence electrons. The molecule has 3 heteroatoms. The summed E-state index contributed by atoms with van der Waals surface area (Å²) in [5.74, 6) is 0.632. The fraction of sp³-hybridized carbons (Fsp3) is 1.00. The Morgan fingerprint density at radius 2 is 1.88 bits per heavy atom. The third-order valence-corrected chi connectivity index (χ3v) is 3.48. The quantitative estimate of drug-likeness (QED) is 0.664. The number of nitrogens with zero attached hydrogens (tertiary/aromatic N) is 1. The molecule has 0 aromatic carbocycles. The lowest BCUT2D eigenvalue weighted by atomic mass is 9.94. The van der Waals surface area contributed by atoms with E-state index >= 15 is 0 Å². The maximum absolute atomic E-state index is 5.71. The van der Waals surface area contributed by atoms with Crippen molar-refractivity contribution >= 4 is 0 Å². The first-order chi connectivity index (χ1) is 8.24. The predicted octanol–water partition coefficient (Wildman–Crippen LogP) is 2.25. The first-order valence-corrected chi connectivity index (χ1v) is 7.26. The van der Waals surface area contributed by atoms with Gasteiger partial charge in [0, 0.05) is 32.3 Å². The van der Waals surface area contributed by atoms with Gasteiger partial charge in [0.15, 0.2) is 0 Å². The van der Waals surface area contributed by atoms with Crippen molar-refractivity contribution in [1.82, 2.24) is 4.90 Å². The summed E-state index contributed by atoms with van der Waals surface area (Å²) in [6, 6.07) is 0.759. The molecule has 1 saturated carbocycles. The van der Waals surface area contributed by atoms with Gasteiger partial charge in [0.1, 0.15) is 0 Å². The summed E-state index contributed by atoms with van der Waals surface area (Å²) in [4.78, 5) is 2.54.